The molecule has 5 heteroatoms. The third-order valence-corrected chi connectivity index (χ3v) is 2.24. The average molecular weight is 225 g/mol. The van der Waals surface area contributed by atoms with Gasteiger partial charge in [0, 0.05) is 31.9 Å². The van der Waals surface area contributed by atoms with Crippen LogP contribution < -0.4 is 5.32 Å². The van der Waals surface area contributed by atoms with Gasteiger partial charge in [0.05, 0.1) is 0 Å². The van der Waals surface area contributed by atoms with E-state index in [0.717, 1.165) is 12.1 Å². The fourth-order valence-corrected chi connectivity index (χ4v) is 1.28. The zero-order chi connectivity index (χ0) is 12.0. The van der Waals surface area contributed by atoms with E-state index in [1.165, 1.54) is 0 Å². The van der Waals surface area contributed by atoms with Crippen LogP contribution >= 0.6 is 0 Å². The summed E-state index contributed by atoms with van der Waals surface area (Å²) < 4.78 is 4.88. The van der Waals surface area contributed by atoms with Gasteiger partial charge in [-0.05, 0) is 12.3 Å². The first-order valence-electron chi connectivity index (χ1n) is 5.47. The Balaban J connectivity index is 2.37. The summed E-state index contributed by atoms with van der Waals surface area (Å²) in [6.07, 6.45) is 1.18. The molecule has 1 heterocycles. The Hall–Kier alpha value is -1.36. The first-order chi connectivity index (χ1) is 7.63. The molecule has 5 nitrogen and oxygen atoms in total. The van der Waals surface area contributed by atoms with Crippen molar-refractivity contribution in [2.45, 2.75) is 32.6 Å². The van der Waals surface area contributed by atoms with Crippen molar-refractivity contribution in [3.63, 3.8) is 0 Å². The van der Waals surface area contributed by atoms with E-state index in [2.05, 4.69) is 29.4 Å². The molecule has 0 bridgehead atoms. The molecule has 16 heavy (non-hydrogen) atoms. The molecule has 0 saturated carbocycles. The second-order valence-electron chi connectivity index (χ2n) is 4.01. The van der Waals surface area contributed by atoms with Crippen molar-refractivity contribution in [3.8, 4) is 0 Å². The Kier molecular flexibility index (Phi) is 4.98. The van der Waals surface area contributed by atoms with Gasteiger partial charge in [0.25, 0.3) is 0 Å². The van der Waals surface area contributed by atoms with Crippen LogP contribution in [-0.4, -0.2) is 29.8 Å². The van der Waals surface area contributed by atoms with Crippen molar-refractivity contribution in [2.75, 3.05) is 19.0 Å². The van der Waals surface area contributed by atoms with Crippen LogP contribution in [0.15, 0.2) is 6.07 Å². The van der Waals surface area contributed by atoms with Crippen LogP contribution in [0.1, 0.15) is 38.3 Å². The van der Waals surface area contributed by atoms with Gasteiger partial charge in [0.2, 0.25) is 5.91 Å². The molecule has 2 N–H and O–H groups in total. The van der Waals surface area contributed by atoms with Gasteiger partial charge in [-0.1, -0.05) is 13.8 Å². The summed E-state index contributed by atoms with van der Waals surface area (Å²) in [5, 5.41) is 9.65. The van der Waals surface area contributed by atoms with E-state index in [-0.39, 0.29) is 5.91 Å². The number of methoxy groups -OCH3 is 1. The number of hydrogen-bond acceptors (Lipinski definition) is 3. The van der Waals surface area contributed by atoms with Gasteiger partial charge in [-0.3, -0.25) is 9.89 Å². The van der Waals surface area contributed by atoms with Gasteiger partial charge >= 0.3 is 0 Å². The van der Waals surface area contributed by atoms with Crippen molar-refractivity contribution in [3.05, 3.63) is 11.8 Å². The molecule has 0 aliphatic heterocycles. The predicted octanol–water partition coefficient (Wildman–Crippen LogP) is 1.90. The molecule has 0 radical (unpaired) electrons. The number of aromatic amines is 1. The molecule has 0 aliphatic carbocycles. The number of nitrogens with one attached hydrogen (secondary N) is 2. The number of rotatable bonds is 6. The van der Waals surface area contributed by atoms with Crippen LogP contribution in [0.3, 0.4) is 0 Å². The molecule has 0 atom stereocenters. The summed E-state index contributed by atoms with van der Waals surface area (Å²) in [5.74, 6) is 0.941. The lowest BCUT2D eigenvalue weighted by molar-refractivity contribution is -0.116. The predicted molar refractivity (Wildman–Crippen MR) is 62.4 cm³/mol. The van der Waals surface area contributed by atoms with E-state index in [9.17, 15) is 4.79 Å². The minimum absolute atomic E-state index is 0.0288. The van der Waals surface area contributed by atoms with Crippen LogP contribution in [0.5, 0.6) is 0 Å². The third-order valence-electron chi connectivity index (χ3n) is 2.24. The Morgan fingerprint density at radius 3 is 2.94 bits per heavy atom. The lowest BCUT2D eigenvalue weighted by Gasteiger charge is -2.01. The number of ether oxygens (including phenoxy) is 1. The van der Waals surface area contributed by atoms with Crippen LogP contribution in [0.25, 0.3) is 0 Å². The SMILES string of the molecule is COCCCC(=O)Nc1cc(C(C)C)[nH]n1. The second-order valence-corrected chi connectivity index (χ2v) is 4.01. The number of carbonyl (C=O) groups is 1. The highest BCUT2D eigenvalue weighted by molar-refractivity contribution is 5.89. The molecule has 1 aromatic rings. The minimum atomic E-state index is -0.0288. The molecule has 0 aromatic carbocycles. The van der Waals surface area contributed by atoms with Gasteiger partial charge in [0.1, 0.15) is 0 Å². The summed E-state index contributed by atoms with van der Waals surface area (Å²) in [6.45, 7) is 4.74. The molecule has 1 aromatic heterocycles. The fraction of sp³-hybridized carbons (Fsp3) is 0.636. The quantitative estimate of drug-likeness (QED) is 0.726. The number of amides is 1. The highest BCUT2D eigenvalue weighted by Gasteiger charge is 2.07. The third kappa shape index (κ3) is 4.02. The highest BCUT2D eigenvalue weighted by atomic mass is 16.5. The van der Waals surface area contributed by atoms with Crippen LogP contribution in [0, 0.1) is 0 Å². The monoisotopic (exact) mass is 225 g/mol. The smallest absolute Gasteiger partial charge is 0.225 e. The van der Waals surface area contributed by atoms with Crippen LogP contribution in [0.2, 0.25) is 0 Å². The number of aromatic nitrogens is 2. The summed E-state index contributed by atoms with van der Waals surface area (Å²) in [7, 11) is 1.63. The van der Waals surface area contributed by atoms with E-state index >= 15 is 0 Å². The van der Waals surface area contributed by atoms with Gasteiger partial charge in [0.15, 0.2) is 5.82 Å². The molecular formula is C11H19N3O2. The van der Waals surface area contributed by atoms with E-state index in [1.54, 1.807) is 7.11 Å². The number of hydrogen-bond donors (Lipinski definition) is 2. The number of anilines is 1. The molecule has 1 rings (SSSR count). The highest BCUT2D eigenvalue weighted by Crippen LogP contribution is 2.14. The lowest BCUT2D eigenvalue weighted by Crippen LogP contribution is -2.12. The van der Waals surface area contributed by atoms with Crippen LogP contribution in [0.4, 0.5) is 5.82 Å². The first-order valence-corrected chi connectivity index (χ1v) is 5.47. The molecule has 1 amide bonds. The Morgan fingerprint density at radius 1 is 1.62 bits per heavy atom. The van der Waals surface area contributed by atoms with E-state index in [4.69, 9.17) is 4.74 Å². The summed E-state index contributed by atoms with van der Waals surface area (Å²) in [4.78, 5) is 11.4. The molecule has 0 spiro atoms. The Labute approximate surface area is 95.6 Å². The second kappa shape index (κ2) is 6.27. The summed E-state index contributed by atoms with van der Waals surface area (Å²) in [5.41, 5.74) is 1.02. The van der Waals surface area contributed by atoms with Crippen molar-refractivity contribution < 1.29 is 9.53 Å². The van der Waals surface area contributed by atoms with E-state index in [0.29, 0.717) is 24.8 Å². The number of H-pyrrole nitrogens is 1. The lowest BCUT2D eigenvalue weighted by atomic mass is 10.1. The zero-order valence-electron chi connectivity index (χ0n) is 10.0. The topological polar surface area (TPSA) is 67.0 Å². The van der Waals surface area contributed by atoms with Gasteiger partial charge in [-0.25, -0.2) is 0 Å². The number of nitrogens with zero attached hydrogens (tertiary/aromatic N) is 1. The molecule has 0 aliphatic rings. The first kappa shape index (κ1) is 12.7. The van der Waals surface area contributed by atoms with Crippen molar-refractivity contribution >= 4 is 11.7 Å². The van der Waals surface area contributed by atoms with E-state index in [1.807, 2.05) is 6.07 Å². The summed E-state index contributed by atoms with van der Waals surface area (Å²) >= 11 is 0. The Bertz CT molecular complexity index is 334. The van der Waals surface area contributed by atoms with Gasteiger partial charge < -0.3 is 10.1 Å². The van der Waals surface area contributed by atoms with E-state index < -0.39 is 0 Å². The minimum Gasteiger partial charge on any atom is -0.385 e. The number of carbonyl (C=O) groups excluding carboxylic acids is 1. The van der Waals surface area contributed by atoms with Gasteiger partial charge in [-0.15, -0.1) is 0 Å². The van der Waals surface area contributed by atoms with Gasteiger partial charge in [-0.2, -0.15) is 5.10 Å². The van der Waals surface area contributed by atoms with Crippen molar-refractivity contribution in [2.24, 2.45) is 0 Å². The average Bonchev–Trinajstić information content (AvgIpc) is 2.66. The largest absolute Gasteiger partial charge is 0.385 e. The zero-order valence-corrected chi connectivity index (χ0v) is 10.0. The van der Waals surface area contributed by atoms with Crippen molar-refractivity contribution in [1.82, 2.24) is 10.2 Å². The van der Waals surface area contributed by atoms with Crippen LogP contribution in [-0.2, 0) is 9.53 Å². The molecule has 0 fully saturated rings. The fourth-order valence-electron chi connectivity index (χ4n) is 1.28. The molecule has 0 saturated heterocycles. The summed E-state index contributed by atoms with van der Waals surface area (Å²) in [6, 6.07) is 1.86. The maximum absolute atomic E-state index is 11.4. The molecular weight excluding hydrogens is 206 g/mol. The normalized spacial score (nSPS) is 10.8. The maximum Gasteiger partial charge on any atom is 0.225 e. The maximum atomic E-state index is 11.4. The van der Waals surface area contributed by atoms with Crippen molar-refractivity contribution in [1.29, 1.82) is 0 Å². The molecule has 0 unspecified atom stereocenters. The Morgan fingerprint density at radius 2 is 2.38 bits per heavy atom. The standard InChI is InChI=1S/C11H19N3O2/c1-8(2)9-7-10(14-13-9)12-11(15)5-4-6-16-3/h7-8H,4-6H2,1-3H3,(H2,12,13,14,15). The molecule has 90 valence electrons.